The lowest BCUT2D eigenvalue weighted by Gasteiger charge is -2.20. The summed E-state index contributed by atoms with van der Waals surface area (Å²) in [5.41, 5.74) is 4.07. The minimum Gasteiger partial charge on any atom is -0.340 e. The summed E-state index contributed by atoms with van der Waals surface area (Å²) in [6, 6.07) is 13.6. The van der Waals surface area contributed by atoms with E-state index in [1.165, 1.54) is 36.0 Å². The molecule has 3 heterocycles. The van der Waals surface area contributed by atoms with Crippen LogP contribution in [0.25, 0.3) is 17.0 Å². The molecule has 3 aromatic rings. The molecule has 1 aromatic heterocycles. The molecule has 6 nitrogen and oxygen atoms in total. The number of nitrogens with zero attached hydrogens (tertiary/aromatic N) is 4. The Bertz CT molecular complexity index is 1550. The van der Waals surface area contributed by atoms with Gasteiger partial charge in [0.1, 0.15) is 5.04 Å². The van der Waals surface area contributed by atoms with Gasteiger partial charge in [-0.3, -0.25) is 10.2 Å². The molecular formula is C28H25Cl2N5OS. The first-order valence-electron chi connectivity index (χ1n) is 12.4. The van der Waals surface area contributed by atoms with Gasteiger partial charge in [0, 0.05) is 44.7 Å². The van der Waals surface area contributed by atoms with Crippen molar-refractivity contribution in [2.24, 2.45) is 16.0 Å². The molecule has 188 valence electrons. The SMILES string of the molecule is Cc1c(/C=C2/C(=N)N3N=C(C4CCCCC4)SC3=NC2=O)c2ccccc2n1Cc1ccc(Cl)cc1Cl. The Kier molecular flexibility index (Phi) is 6.47. The van der Waals surface area contributed by atoms with Crippen LogP contribution in [0.4, 0.5) is 0 Å². The summed E-state index contributed by atoms with van der Waals surface area (Å²) < 4.78 is 2.17. The number of benzene rings is 2. The predicted molar refractivity (Wildman–Crippen MR) is 154 cm³/mol. The molecule has 6 rings (SSSR count). The van der Waals surface area contributed by atoms with E-state index < -0.39 is 5.91 Å². The number of hydrogen-bond acceptors (Lipinski definition) is 4. The number of fused-ring (bicyclic) bond motifs is 2. The first-order valence-corrected chi connectivity index (χ1v) is 14.0. The highest BCUT2D eigenvalue weighted by Gasteiger charge is 2.38. The zero-order valence-corrected chi connectivity index (χ0v) is 22.6. The summed E-state index contributed by atoms with van der Waals surface area (Å²) in [5.74, 6) is 0.0633. The molecule has 0 unspecified atom stereocenters. The second-order valence-corrected chi connectivity index (χ2v) is 11.5. The lowest BCUT2D eigenvalue weighted by atomic mass is 9.90. The Labute approximate surface area is 229 Å². The van der Waals surface area contributed by atoms with E-state index in [0.29, 0.717) is 27.7 Å². The Morgan fingerprint density at radius 3 is 2.70 bits per heavy atom. The van der Waals surface area contributed by atoms with Crippen LogP contribution in [0.3, 0.4) is 0 Å². The maximum absolute atomic E-state index is 13.1. The van der Waals surface area contributed by atoms with Crippen molar-refractivity contribution in [3.63, 3.8) is 0 Å². The van der Waals surface area contributed by atoms with Gasteiger partial charge in [-0.1, -0.05) is 66.7 Å². The van der Waals surface area contributed by atoms with E-state index in [2.05, 4.69) is 15.6 Å². The summed E-state index contributed by atoms with van der Waals surface area (Å²) in [6.07, 6.45) is 7.66. The zero-order chi connectivity index (χ0) is 25.7. The van der Waals surface area contributed by atoms with Gasteiger partial charge in [0.05, 0.1) is 5.57 Å². The Morgan fingerprint density at radius 2 is 1.92 bits per heavy atom. The van der Waals surface area contributed by atoms with Gasteiger partial charge < -0.3 is 4.57 Å². The maximum atomic E-state index is 13.1. The van der Waals surface area contributed by atoms with Crippen molar-refractivity contribution in [1.29, 1.82) is 5.41 Å². The summed E-state index contributed by atoms with van der Waals surface area (Å²) in [6.45, 7) is 2.57. The Hall–Kier alpha value is -2.87. The van der Waals surface area contributed by atoms with Crippen molar-refractivity contribution in [2.45, 2.75) is 45.6 Å². The van der Waals surface area contributed by atoms with E-state index in [0.717, 1.165) is 45.6 Å². The van der Waals surface area contributed by atoms with Crippen LogP contribution in [0.1, 0.15) is 48.9 Å². The number of amidine groups is 2. The number of thioether (sulfide) groups is 1. The highest BCUT2D eigenvalue weighted by atomic mass is 35.5. The Balaban J connectivity index is 1.39. The number of aromatic nitrogens is 1. The molecular weight excluding hydrogens is 525 g/mol. The smallest absolute Gasteiger partial charge is 0.283 e. The van der Waals surface area contributed by atoms with Gasteiger partial charge in [-0.05, 0) is 61.4 Å². The van der Waals surface area contributed by atoms with E-state index in [1.54, 1.807) is 12.1 Å². The van der Waals surface area contributed by atoms with Crippen molar-refractivity contribution in [3.05, 3.63) is 74.9 Å². The number of halogens is 2. The molecule has 0 spiro atoms. The van der Waals surface area contributed by atoms with Gasteiger partial charge in [0.2, 0.25) is 5.17 Å². The summed E-state index contributed by atoms with van der Waals surface area (Å²) in [5, 5.41) is 18.8. The molecule has 2 aliphatic heterocycles. The summed E-state index contributed by atoms with van der Waals surface area (Å²) in [4.78, 5) is 17.5. The normalized spacial score (nSPS) is 19.5. The molecule has 0 atom stereocenters. The van der Waals surface area contributed by atoms with Crippen molar-refractivity contribution < 1.29 is 4.79 Å². The molecule has 1 N–H and O–H groups in total. The van der Waals surface area contributed by atoms with Gasteiger partial charge in [0.15, 0.2) is 5.84 Å². The minimum atomic E-state index is -0.402. The molecule has 2 aromatic carbocycles. The molecule has 37 heavy (non-hydrogen) atoms. The standard InChI is InChI=1S/C28H25Cl2N5OS/c1-16-21(20-9-5-6-10-24(20)34(16)15-18-11-12-19(29)13-23(18)30)14-22-25(31)35-28(32-26(22)36)37-27(33-35)17-7-3-2-4-8-17/h5-6,9-14,17,31H,2-4,7-8,15H2,1H3/b22-14-,31-25?. The highest BCUT2D eigenvalue weighted by molar-refractivity contribution is 8.27. The molecule has 0 saturated heterocycles. The van der Waals surface area contributed by atoms with Crippen LogP contribution in [-0.4, -0.2) is 31.5 Å². The van der Waals surface area contributed by atoms with Crippen molar-refractivity contribution in [3.8, 4) is 0 Å². The third-order valence-corrected chi connectivity index (χ3v) is 8.99. The van der Waals surface area contributed by atoms with Crippen LogP contribution in [0.5, 0.6) is 0 Å². The molecule has 9 heteroatoms. The molecule has 0 bridgehead atoms. The molecule has 1 fully saturated rings. The van der Waals surface area contributed by atoms with Crippen LogP contribution in [0.15, 0.2) is 58.1 Å². The number of hydrazone groups is 1. The van der Waals surface area contributed by atoms with Crippen molar-refractivity contribution in [1.82, 2.24) is 9.58 Å². The van der Waals surface area contributed by atoms with Gasteiger partial charge in [0.25, 0.3) is 5.91 Å². The van der Waals surface area contributed by atoms with Gasteiger partial charge in [-0.15, -0.1) is 0 Å². The average molecular weight is 551 g/mol. The van der Waals surface area contributed by atoms with E-state index >= 15 is 0 Å². The predicted octanol–water partition coefficient (Wildman–Crippen LogP) is 7.50. The first kappa shape index (κ1) is 24.5. The number of hydrogen-bond donors (Lipinski definition) is 1. The molecule has 1 aliphatic carbocycles. The monoisotopic (exact) mass is 549 g/mol. The fourth-order valence-corrected chi connectivity index (χ4v) is 6.86. The zero-order valence-electron chi connectivity index (χ0n) is 20.3. The summed E-state index contributed by atoms with van der Waals surface area (Å²) in [7, 11) is 0. The quantitative estimate of drug-likeness (QED) is 0.342. The van der Waals surface area contributed by atoms with Gasteiger partial charge >= 0.3 is 0 Å². The average Bonchev–Trinajstić information content (AvgIpc) is 3.43. The van der Waals surface area contributed by atoms with E-state index in [-0.39, 0.29) is 11.4 Å². The number of aliphatic imine (C=N–C) groups is 1. The van der Waals surface area contributed by atoms with Crippen LogP contribution in [0, 0.1) is 18.3 Å². The molecule has 0 radical (unpaired) electrons. The molecule has 1 saturated carbocycles. The second-order valence-electron chi connectivity index (χ2n) is 9.63. The van der Waals surface area contributed by atoms with Crippen LogP contribution < -0.4 is 0 Å². The van der Waals surface area contributed by atoms with Gasteiger partial charge in [-0.2, -0.15) is 15.1 Å². The third-order valence-electron chi connectivity index (χ3n) is 7.34. The number of para-hydroxylation sites is 1. The number of nitrogens with one attached hydrogen (secondary N) is 1. The largest absolute Gasteiger partial charge is 0.340 e. The lowest BCUT2D eigenvalue weighted by molar-refractivity contribution is -0.114. The van der Waals surface area contributed by atoms with Gasteiger partial charge in [-0.25, -0.2) is 0 Å². The first-order chi connectivity index (χ1) is 17.9. The Morgan fingerprint density at radius 1 is 1.14 bits per heavy atom. The van der Waals surface area contributed by atoms with Crippen molar-refractivity contribution in [2.75, 3.05) is 0 Å². The van der Waals surface area contributed by atoms with E-state index in [1.807, 2.05) is 37.3 Å². The van der Waals surface area contributed by atoms with E-state index in [4.69, 9.17) is 33.7 Å². The minimum absolute atomic E-state index is 0.0743. The maximum Gasteiger partial charge on any atom is 0.283 e. The highest BCUT2D eigenvalue weighted by Crippen LogP contribution is 2.37. The number of carbonyl (C=O) groups excluding carboxylic acids is 1. The fraction of sp³-hybridized carbons (Fsp3) is 0.286. The lowest BCUT2D eigenvalue weighted by Crippen LogP contribution is -2.35. The van der Waals surface area contributed by atoms with Crippen molar-refractivity contribution >= 4 is 73.9 Å². The number of amides is 1. The number of carbonyl (C=O) groups is 1. The van der Waals surface area contributed by atoms with Crippen LogP contribution in [0.2, 0.25) is 10.0 Å². The second kappa shape index (κ2) is 9.78. The fourth-order valence-electron chi connectivity index (χ4n) is 5.33. The molecule has 1 amide bonds. The van der Waals surface area contributed by atoms with E-state index in [9.17, 15) is 4.79 Å². The van der Waals surface area contributed by atoms with Crippen LogP contribution >= 0.6 is 35.0 Å². The van der Waals surface area contributed by atoms with Crippen LogP contribution in [-0.2, 0) is 11.3 Å². The topological polar surface area (TPSA) is 73.8 Å². The third kappa shape index (κ3) is 4.43. The molecule has 3 aliphatic rings. The number of rotatable bonds is 4. The summed E-state index contributed by atoms with van der Waals surface area (Å²) >= 11 is 14.0.